The van der Waals surface area contributed by atoms with E-state index >= 15 is 0 Å². The average molecular weight is 448 g/mol. The van der Waals surface area contributed by atoms with E-state index in [0.717, 1.165) is 18.5 Å². The number of rotatable bonds is 6. The van der Waals surface area contributed by atoms with Gasteiger partial charge in [0.1, 0.15) is 12.1 Å². The molecule has 3 rings (SSSR count). The van der Waals surface area contributed by atoms with Crippen LogP contribution >= 0.6 is 0 Å². The maximum atomic E-state index is 12.8. The van der Waals surface area contributed by atoms with E-state index in [-0.39, 0.29) is 29.0 Å². The summed E-state index contributed by atoms with van der Waals surface area (Å²) in [4.78, 5) is 39.7. The first-order valence-electron chi connectivity index (χ1n) is 8.80. The van der Waals surface area contributed by atoms with E-state index in [1.807, 2.05) is 0 Å². The number of amides is 3. The molecule has 3 N–H and O–H groups in total. The van der Waals surface area contributed by atoms with Crippen molar-refractivity contribution < 1.29 is 32.3 Å². The number of benzene rings is 2. The van der Waals surface area contributed by atoms with Crippen molar-refractivity contribution >= 4 is 23.3 Å². The molecular weight excluding hydrogens is 433 g/mol. The number of nitrogens with one attached hydrogen (secondary N) is 3. The van der Waals surface area contributed by atoms with Gasteiger partial charge in [0.05, 0.1) is 12.7 Å². The van der Waals surface area contributed by atoms with Gasteiger partial charge in [0.15, 0.2) is 0 Å². The molecule has 1 heterocycles. The smallest absolute Gasteiger partial charge is 0.416 e. The van der Waals surface area contributed by atoms with E-state index in [1.54, 1.807) is 6.07 Å². The molecule has 0 saturated carbocycles. The lowest BCUT2D eigenvalue weighted by atomic mass is 10.2. The Morgan fingerprint density at radius 2 is 1.66 bits per heavy atom. The van der Waals surface area contributed by atoms with Crippen molar-refractivity contribution in [1.82, 2.24) is 20.4 Å². The maximum absolute atomic E-state index is 12.8. The second-order valence-electron chi connectivity index (χ2n) is 6.01. The molecule has 3 amide bonds. The van der Waals surface area contributed by atoms with Gasteiger partial charge in [0, 0.05) is 17.4 Å². The Balaban J connectivity index is 1.66. The number of anilines is 2. The monoisotopic (exact) mass is 448 g/mol. The number of hydrogen-bond donors (Lipinski definition) is 3. The summed E-state index contributed by atoms with van der Waals surface area (Å²) in [6, 6.07) is 9.31. The molecule has 0 aliphatic heterocycles. The van der Waals surface area contributed by atoms with Gasteiger partial charge < -0.3 is 15.4 Å². The summed E-state index contributed by atoms with van der Waals surface area (Å²) >= 11 is 0. The van der Waals surface area contributed by atoms with Gasteiger partial charge in [-0.3, -0.25) is 9.63 Å². The lowest BCUT2D eigenvalue weighted by molar-refractivity contribution is -0.137. The van der Waals surface area contributed by atoms with E-state index in [4.69, 9.17) is 4.74 Å². The highest BCUT2D eigenvalue weighted by molar-refractivity contribution is 5.99. The highest BCUT2D eigenvalue weighted by Crippen LogP contribution is 2.30. The molecule has 0 bridgehead atoms. The number of hydroxylamine groups is 1. The third-order valence-corrected chi connectivity index (χ3v) is 3.70. The Labute approximate surface area is 178 Å². The van der Waals surface area contributed by atoms with Crippen molar-refractivity contribution in [2.24, 2.45) is 0 Å². The van der Waals surface area contributed by atoms with Crippen LogP contribution in [-0.2, 0) is 11.0 Å². The fourth-order valence-corrected chi connectivity index (χ4v) is 2.39. The lowest BCUT2D eigenvalue weighted by Gasteiger charge is -2.11. The highest BCUT2D eigenvalue weighted by Gasteiger charge is 2.30. The van der Waals surface area contributed by atoms with Crippen LogP contribution in [0.4, 0.5) is 29.3 Å². The van der Waals surface area contributed by atoms with Gasteiger partial charge in [-0.1, -0.05) is 12.1 Å². The minimum absolute atomic E-state index is 0.0308. The second-order valence-corrected chi connectivity index (χ2v) is 6.01. The Kier molecular flexibility index (Phi) is 6.80. The van der Waals surface area contributed by atoms with Crippen LogP contribution < -0.4 is 20.9 Å². The number of hydrogen-bond acceptors (Lipinski definition) is 7. The molecule has 0 atom stereocenters. The fourth-order valence-electron chi connectivity index (χ4n) is 2.39. The first kappa shape index (κ1) is 22.4. The van der Waals surface area contributed by atoms with Gasteiger partial charge in [0.2, 0.25) is 5.82 Å². The van der Waals surface area contributed by atoms with Crippen LogP contribution in [0.25, 0.3) is 0 Å². The van der Waals surface area contributed by atoms with Gasteiger partial charge in [-0.25, -0.2) is 15.3 Å². The first-order chi connectivity index (χ1) is 15.2. The van der Waals surface area contributed by atoms with Crippen molar-refractivity contribution in [3.05, 3.63) is 66.2 Å². The number of alkyl halides is 3. The van der Waals surface area contributed by atoms with Crippen LogP contribution in [0.2, 0.25) is 0 Å². The van der Waals surface area contributed by atoms with Crippen molar-refractivity contribution in [2.45, 2.75) is 6.18 Å². The molecular formula is C19H15F3N6O4. The SMILES string of the molecule is CONC(=O)c1ncnc(Oc2cccc(NC(=O)Nc3cccc(C(F)(F)F)c3)c2)n1. The highest BCUT2D eigenvalue weighted by atomic mass is 19.4. The minimum atomic E-state index is -4.53. The summed E-state index contributed by atoms with van der Waals surface area (Å²) in [6.45, 7) is 0. The Morgan fingerprint density at radius 1 is 0.969 bits per heavy atom. The van der Waals surface area contributed by atoms with E-state index < -0.39 is 23.7 Å². The van der Waals surface area contributed by atoms with Crippen molar-refractivity contribution in [2.75, 3.05) is 17.7 Å². The van der Waals surface area contributed by atoms with Crippen molar-refractivity contribution in [3.63, 3.8) is 0 Å². The van der Waals surface area contributed by atoms with Gasteiger partial charge in [-0.2, -0.15) is 23.1 Å². The van der Waals surface area contributed by atoms with Crippen molar-refractivity contribution in [1.29, 1.82) is 0 Å². The van der Waals surface area contributed by atoms with Gasteiger partial charge >= 0.3 is 24.1 Å². The number of halogens is 3. The Morgan fingerprint density at radius 3 is 2.34 bits per heavy atom. The Hall–Kier alpha value is -4.26. The average Bonchev–Trinajstić information content (AvgIpc) is 2.74. The number of aromatic nitrogens is 3. The van der Waals surface area contributed by atoms with Crippen molar-refractivity contribution in [3.8, 4) is 11.8 Å². The molecule has 32 heavy (non-hydrogen) atoms. The van der Waals surface area contributed by atoms with Crippen LogP contribution in [0.3, 0.4) is 0 Å². The molecule has 1 aromatic heterocycles. The van der Waals surface area contributed by atoms with Crippen LogP contribution in [0, 0.1) is 0 Å². The predicted molar refractivity (Wildman–Crippen MR) is 105 cm³/mol. The molecule has 0 spiro atoms. The zero-order valence-corrected chi connectivity index (χ0v) is 16.3. The molecule has 0 fully saturated rings. The summed E-state index contributed by atoms with van der Waals surface area (Å²) in [5.41, 5.74) is 1.41. The summed E-state index contributed by atoms with van der Waals surface area (Å²) in [5, 5.41) is 4.80. The third-order valence-electron chi connectivity index (χ3n) is 3.70. The summed E-state index contributed by atoms with van der Waals surface area (Å²) in [7, 11) is 1.25. The molecule has 13 heteroatoms. The first-order valence-corrected chi connectivity index (χ1v) is 8.80. The molecule has 0 aliphatic carbocycles. The Bertz CT molecular complexity index is 1130. The van der Waals surface area contributed by atoms with E-state index in [9.17, 15) is 22.8 Å². The number of nitrogens with zero attached hydrogens (tertiary/aromatic N) is 3. The quantitative estimate of drug-likeness (QED) is 0.492. The molecule has 0 radical (unpaired) electrons. The molecule has 0 aliphatic rings. The van der Waals surface area contributed by atoms with Crippen LogP contribution in [0.15, 0.2) is 54.9 Å². The summed E-state index contributed by atoms with van der Waals surface area (Å²) < 4.78 is 43.9. The summed E-state index contributed by atoms with van der Waals surface area (Å²) in [5.74, 6) is -0.737. The fraction of sp³-hybridized carbons (Fsp3) is 0.105. The molecule has 3 aromatic rings. The molecule has 0 saturated heterocycles. The second kappa shape index (κ2) is 9.70. The van der Waals surface area contributed by atoms with E-state index in [1.165, 1.54) is 37.4 Å². The zero-order chi connectivity index (χ0) is 23.1. The predicted octanol–water partition coefficient (Wildman–Crippen LogP) is 3.62. The molecule has 166 valence electrons. The minimum Gasteiger partial charge on any atom is -0.424 e. The number of carbonyl (C=O) groups is 2. The maximum Gasteiger partial charge on any atom is 0.416 e. The largest absolute Gasteiger partial charge is 0.424 e. The van der Waals surface area contributed by atoms with Crippen LogP contribution in [-0.4, -0.2) is 34.0 Å². The zero-order valence-electron chi connectivity index (χ0n) is 16.3. The number of ether oxygens (including phenoxy) is 1. The van der Waals surface area contributed by atoms with Crippen LogP contribution in [0.1, 0.15) is 16.2 Å². The molecule has 2 aromatic carbocycles. The van der Waals surface area contributed by atoms with Gasteiger partial charge in [-0.05, 0) is 30.3 Å². The molecule has 0 unspecified atom stereocenters. The standard InChI is InChI=1S/C19H15F3N6O4/c1-31-28-16(29)15-23-10-24-18(27-15)32-14-7-3-6-13(9-14)26-17(30)25-12-5-2-4-11(8-12)19(20,21)22/h2-10H,1H3,(H,28,29)(H2,25,26,30). The van der Waals surface area contributed by atoms with E-state index in [2.05, 4.69) is 35.9 Å². The van der Waals surface area contributed by atoms with E-state index in [0.29, 0.717) is 0 Å². The normalized spacial score (nSPS) is 10.9. The molecule has 10 nitrogen and oxygen atoms in total. The number of urea groups is 1. The van der Waals surface area contributed by atoms with Gasteiger partial charge in [0.25, 0.3) is 0 Å². The summed E-state index contributed by atoms with van der Waals surface area (Å²) in [6.07, 6.45) is -3.46. The topological polar surface area (TPSA) is 127 Å². The lowest BCUT2D eigenvalue weighted by Crippen LogP contribution is -2.24. The third kappa shape index (κ3) is 6.12. The van der Waals surface area contributed by atoms with Crippen LogP contribution in [0.5, 0.6) is 11.8 Å². The van der Waals surface area contributed by atoms with Gasteiger partial charge in [-0.15, -0.1) is 0 Å². The number of carbonyl (C=O) groups excluding carboxylic acids is 2.